The molecule has 9 nitrogen and oxygen atoms in total. The van der Waals surface area contributed by atoms with Crippen molar-refractivity contribution < 1.29 is 45.0 Å². The predicted octanol–water partition coefficient (Wildman–Crippen LogP) is -1.97. The number of carbonyl (C=O) groups is 2. The average Bonchev–Trinajstić information content (AvgIpc) is 2.98. The summed E-state index contributed by atoms with van der Waals surface area (Å²) in [6, 6.07) is 0. The van der Waals surface area contributed by atoms with Crippen molar-refractivity contribution in [3.8, 4) is 0 Å². The van der Waals surface area contributed by atoms with Crippen LogP contribution in [0, 0.1) is 23.7 Å². The first kappa shape index (κ1) is 21.0. The summed E-state index contributed by atoms with van der Waals surface area (Å²) >= 11 is 0. The van der Waals surface area contributed by atoms with E-state index in [0.29, 0.717) is 0 Å². The van der Waals surface area contributed by atoms with Crippen molar-refractivity contribution >= 4 is 11.6 Å². The summed E-state index contributed by atoms with van der Waals surface area (Å²) in [5, 5.41) is 67.0. The summed E-state index contributed by atoms with van der Waals surface area (Å²) < 4.78 is 5.78. The zero-order valence-electron chi connectivity index (χ0n) is 16.8. The Balaban J connectivity index is 2.09. The summed E-state index contributed by atoms with van der Waals surface area (Å²) in [5.74, 6) is -9.40. The maximum atomic E-state index is 12.9. The lowest BCUT2D eigenvalue weighted by Crippen LogP contribution is -2.70. The normalized spacial score (nSPS) is 55.9. The van der Waals surface area contributed by atoms with E-state index in [0.717, 1.165) is 0 Å². The monoisotopic (exact) mass is 412 g/mol. The van der Waals surface area contributed by atoms with Crippen LogP contribution in [0.1, 0.15) is 34.1 Å². The number of fused-ring (bicyclic) bond motifs is 2. The lowest BCUT2D eigenvalue weighted by Gasteiger charge is -2.53. The highest BCUT2D eigenvalue weighted by Crippen LogP contribution is 2.66. The lowest BCUT2D eigenvalue weighted by molar-refractivity contribution is -0.339. The van der Waals surface area contributed by atoms with Crippen LogP contribution in [0.15, 0.2) is 11.6 Å². The molecule has 162 valence electrons. The molecule has 9 atom stereocenters. The molecule has 6 N–H and O–H groups in total. The average molecular weight is 412 g/mol. The first-order valence-electron chi connectivity index (χ1n) is 9.77. The fraction of sp³-hybridized carbons (Fsp3) is 0.800. The van der Waals surface area contributed by atoms with Gasteiger partial charge in [-0.05, 0) is 26.3 Å². The summed E-state index contributed by atoms with van der Waals surface area (Å²) in [6.07, 6.45) is -1.09. The SMILES string of the molecule is CC1=C[C@H]2[C@@]3(O)[C@H](C)C(=O)[C@H](O)[C@@H]4[C@@H]3[C@@](O)(OC4(C)C)[C@](O)(CO)C[C@]2(O)C1=O. The third kappa shape index (κ3) is 2.09. The topological polar surface area (TPSA) is 165 Å². The van der Waals surface area contributed by atoms with Gasteiger partial charge in [0.25, 0.3) is 0 Å². The highest BCUT2D eigenvalue weighted by molar-refractivity contribution is 6.05. The van der Waals surface area contributed by atoms with Gasteiger partial charge in [-0.1, -0.05) is 13.0 Å². The number of ketones is 2. The van der Waals surface area contributed by atoms with Crippen LogP contribution in [0.25, 0.3) is 0 Å². The molecular formula is C20H28O9. The minimum absolute atomic E-state index is 0.136. The molecule has 4 aliphatic rings. The first-order chi connectivity index (χ1) is 13.1. The second-order valence-electron chi connectivity index (χ2n) is 9.81. The minimum Gasteiger partial charge on any atom is -0.393 e. The Bertz CT molecular complexity index is 836. The molecule has 0 aromatic rings. The van der Waals surface area contributed by atoms with Gasteiger partial charge >= 0.3 is 0 Å². The molecule has 0 unspecified atom stereocenters. The summed E-state index contributed by atoms with van der Waals surface area (Å²) in [4.78, 5) is 25.8. The standard InChI is InChI=1S/C20H28O9/c1-8-5-10-18(26,15(8)24)6-17(25,7-21)20(28)14-11(16(3,4)29-20)13(23)12(22)9(2)19(10,14)27/h5,9-11,13-14,21,23,25-28H,6-7H2,1-4H3/t9-,10-,11-,13-,14+,17-,18-,19+,20-/m1/s1. The van der Waals surface area contributed by atoms with Gasteiger partial charge in [0, 0.05) is 24.2 Å². The van der Waals surface area contributed by atoms with E-state index in [2.05, 4.69) is 0 Å². The van der Waals surface area contributed by atoms with Crippen molar-refractivity contribution in [3.05, 3.63) is 11.6 Å². The van der Waals surface area contributed by atoms with Crippen LogP contribution in [-0.2, 0) is 14.3 Å². The fourth-order valence-corrected chi connectivity index (χ4v) is 6.51. The van der Waals surface area contributed by atoms with E-state index in [1.165, 1.54) is 33.8 Å². The summed E-state index contributed by atoms with van der Waals surface area (Å²) in [6.45, 7) is 4.71. The summed E-state index contributed by atoms with van der Waals surface area (Å²) in [7, 11) is 0. The van der Waals surface area contributed by atoms with E-state index in [1.807, 2.05) is 0 Å². The minimum atomic E-state index is -2.64. The number of Topliss-reactive ketones (excluding diaryl/α,β-unsaturated/α-hetero) is 2. The molecule has 4 rings (SSSR count). The third-order valence-corrected chi connectivity index (χ3v) is 7.92. The van der Waals surface area contributed by atoms with Gasteiger partial charge in [-0.25, -0.2) is 0 Å². The highest BCUT2D eigenvalue weighted by atomic mass is 16.7. The van der Waals surface area contributed by atoms with Crippen LogP contribution in [-0.4, -0.2) is 83.1 Å². The number of hydrogen-bond acceptors (Lipinski definition) is 9. The molecule has 1 saturated heterocycles. The number of ether oxygens (including phenoxy) is 1. The smallest absolute Gasteiger partial charge is 0.204 e. The Morgan fingerprint density at radius 2 is 1.76 bits per heavy atom. The van der Waals surface area contributed by atoms with E-state index < -0.39 is 82.6 Å². The molecule has 1 aliphatic heterocycles. The molecule has 0 bridgehead atoms. The molecule has 0 amide bonds. The predicted molar refractivity (Wildman–Crippen MR) is 96.1 cm³/mol. The van der Waals surface area contributed by atoms with Gasteiger partial charge in [-0.3, -0.25) is 9.59 Å². The molecule has 29 heavy (non-hydrogen) atoms. The van der Waals surface area contributed by atoms with Crippen molar-refractivity contribution in [2.45, 2.75) is 68.4 Å². The Morgan fingerprint density at radius 3 is 2.31 bits per heavy atom. The number of rotatable bonds is 1. The summed E-state index contributed by atoms with van der Waals surface area (Å²) in [5.41, 5.74) is -8.38. The van der Waals surface area contributed by atoms with Gasteiger partial charge in [0.15, 0.2) is 11.6 Å². The second-order valence-corrected chi connectivity index (χ2v) is 9.81. The molecular weight excluding hydrogens is 384 g/mol. The Morgan fingerprint density at radius 1 is 1.17 bits per heavy atom. The van der Waals surface area contributed by atoms with Gasteiger partial charge in [0.2, 0.25) is 5.79 Å². The van der Waals surface area contributed by atoms with E-state index in [1.54, 1.807) is 0 Å². The fourth-order valence-electron chi connectivity index (χ4n) is 6.51. The molecule has 3 aliphatic carbocycles. The number of hydrogen-bond donors (Lipinski definition) is 6. The lowest BCUT2D eigenvalue weighted by atomic mass is 9.53. The molecule has 0 aromatic carbocycles. The van der Waals surface area contributed by atoms with Crippen LogP contribution in [0.4, 0.5) is 0 Å². The van der Waals surface area contributed by atoms with Crippen molar-refractivity contribution in [2.24, 2.45) is 23.7 Å². The van der Waals surface area contributed by atoms with Gasteiger partial charge in [-0.2, -0.15) is 0 Å². The maximum Gasteiger partial charge on any atom is 0.204 e. The van der Waals surface area contributed by atoms with Gasteiger partial charge in [0.05, 0.1) is 23.7 Å². The van der Waals surface area contributed by atoms with Crippen LogP contribution in [0.3, 0.4) is 0 Å². The van der Waals surface area contributed by atoms with E-state index in [9.17, 15) is 40.2 Å². The maximum absolute atomic E-state index is 12.9. The number of aliphatic hydroxyl groups is 6. The van der Waals surface area contributed by atoms with Crippen molar-refractivity contribution in [2.75, 3.05) is 6.61 Å². The molecule has 0 radical (unpaired) electrons. The Kier molecular flexibility index (Phi) is 4.01. The molecule has 3 fully saturated rings. The number of aliphatic hydroxyl groups excluding tert-OH is 2. The van der Waals surface area contributed by atoms with Crippen molar-refractivity contribution in [3.63, 3.8) is 0 Å². The zero-order chi connectivity index (χ0) is 21.9. The Hall–Kier alpha value is -1.20. The molecule has 1 heterocycles. The molecule has 2 saturated carbocycles. The van der Waals surface area contributed by atoms with Crippen LogP contribution in [0.5, 0.6) is 0 Å². The van der Waals surface area contributed by atoms with Crippen molar-refractivity contribution in [1.29, 1.82) is 0 Å². The Labute approximate surface area is 167 Å². The molecule has 9 heteroatoms. The first-order valence-corrected chi connectivity index (χ1v) is 9.77. The largest absolute Gasteiger partial charge is 0.393 e. The molecule has 0 spiro atoms. The highest BCUT2D eigenvalue weighted by Gasteiger charge is 2.82. The van der Waals surface area contributed by atoms with E-state index >= 15 is 0 Å². The quantitative estimate of drug-likeness (QED) is 0.286. The zero-order valence-corrected chi connectivity index (χ0v) is 16.8. The molecule has 0 aromatic heterocycles. The van der Waals surface area contributed by atoms with Crippen LogP contribution in [0.2, 0.25) is 0 Å². The van der Waals surface area contributed by atoms with Crippen molar-refractivity contribution in [1.82, 2.24) is 0 Å². The van der Waals surface area contributed by atoms with Gasteiger partial charge < -0.3 is 35.4 Å². The van der Waals surface area contributed by atoms with Crippen LogP contribution >= 0.6 is 0 Å². The van der Waals surface area contributed by atoms with E-state index in [-0.39, 0.29) is 5.57 Å². The van der Waals surface area contributed by atoms with Crippen LogP contribution < -0.4 is 0 Å². The van der Waals surface area contributed by atoms with Gasteiger partial charge in [-0.15, -0.1) is 0 Å². The van der Waals surface area contributed by atoms with E-state index in [4.69, 9.17) is 4.74 Å². The van der Waals surface area contributed by atoms with Gasteiger partial charge in [0.1, 0.15) is 17.3 Å². The number of carbonyl (C=O) groups excluding carboxylic acids is 2. The third-order valence-electron chi connectivity index (χ3n) is 7.92. The second kappa shape index (κ2) is 5.53.